The van der Waals surface area contributed by atoms with Gasteiger partial charge in [-0.05, 0) is 37.0 Å². The van der Waals surface area contributed by atoms with Gasteiger partial charge in [0.05, 0.1) is 0 Å². The van der Waals surface area contributed by atoms with E-state index in [-0.39, 0.29) is 5.91 Å². The van der Waals surface area contributed by atoms with E-state index in [1.165, 1.54) is 18.4 Å². The Balaban J connectivity index is 1.66. The van der Waals surface area contributed by atoms with Crippen molar-refractivity contribution in [2.75, 3.05) is 18.0 Å². The van der Waals surface area contributed by atoms with E-state index < -0.39 is 0 Å². The first-order chi connectivity index (χ1) is 11.7. The second-order valence-electron chi connectivity index (χ2n) is 6.25. The Labute approximate surface area is 143 Å². The number of benzene rings is 1. The number of aryl methyl sites for hydroxylation is 1. The number of carbonyl (C=O) groups is 1. The minimum atomic E-state index is -0.156. The van der Waals surface area contributed by atoms with Crippen molar-refractivity contribution in [1.82, 2.24) is 15.3 Å². The SMILES string of the molecule is Cc1ccccc1CNC(=O)c1ccnc(N2CCCCCC2)n1. The molecule has 0 radical (unpaired) electrons. The van der Waals surface area contributed by atoms with E-state index in [2.05, 4.69) is 20.2 Å². The molecule has 1 aliphatic heterocycles. The minimum Gasteiger partial charge on any atom is -0.347 e. The van der Waals surface area contributed by atoms with Crippen molar-refractivity contribution in [3.05, 3.63) is 53.3 Å². The van der Waals surface area contributed by atoms with Gasteiger partial charge in [0, 0.05) is 25.8 Å². The summed E-state index contributed by atoms with van der Waals surface area (Å²) < 4.78 is 0. The fourth-order valence-corrected chi connectivity index (χ4v) is 2.97. The topological polar surface area (TPSA) is 58.1 Å². The van der Waals surface area contributed by atoms with Crippen molar-refractivity contribution in [1.29, 1.82) is 0 Å². The zero-order valence-electron chi connectivity index (χ0n) is 14.2. The Morgan fingerprint density at radius 1 is 1.12 bits per heavy atom. The molecule has 1 fully saturated rings. The lowest BCUT2D eigenvalue weighted by Gasteiger charge is -2.20. The number of nitrogens with one attached hydrogen (secondary N) is 1. The van der Waals surface area contributed by atoms with Gasteiger partial charge in [0.2, 0.25) is 5.95 Å². The molecule has 0 atom stereocenters. The maximum atomic E-state index is 12.4. The molecule has 1 aliphatic rings. The molecule has 1 aromatic heterocycles. The quantitative estimate of drug-likeness (QED) is 0.939. The summed E-state index contributed by atoms with van der Waals surface area (Å²) in [6.45, 7) is 4.49. The van der Waals surface area contributed by atoms with Gasteiger partial charge >= 0.3 is 0 Å². The third kappa shape index (κ3) is 4.10. The van der Waals surface area contributed by atoms with Gasteiger partial charge in [-0.25, -0.2) is 9.97 Å². The summed E-state index contributed by atoms with van der Waals surface area (Å²) in [5, 5.41) is 2.95. The van der Waals surface area contributed by atoms with Crippen LogP contribution >= 0.6 is 0 Å². The molecule has 1 saturated heterocycles. The van der Waals surface area contributed by atoms with E-state index in [1.807, 2.05) is 31.2 Å². The van der Waals surface area contributed by atoms with Gasteiger partial charge in [-0.15, -0.1) is 0 Å². The molecule has 2 aromatic rings. The highest BCUT2D eigenvalue weighted by Crippen LogP contribution is 2.15. The van der Waals surface area contributed by atoms with Crippen LogP contribution < -0.4 is 10.2 Å². The molecule has 0 unspecified atom stereocenters. The lowest BCUT2D eigenvalue weighted by atomic mass is 10.1. The van der Waals surface area contributed by atoms with Crippen LogP contribution in [0.15, 0.2) is 36.5 Å². The largest absolute Gasteiger partial charge is 0.347 e. The molecule has 0 spiro atoms. The van der Waals surface area contributed by atoms with Crippen LogP contribution in [-0.4, -0.2) is 29.0 Å². The number of hydrogen-bond acceptors (Lipinski definition) is 4. The fraction of sp³-hybridized carbons (Fsp3) is 0.421. The fourth-order valence-electron chi connectivity index (χ4n) is 2.97. The number of nitrogens with zero attached hydrogens (tertiary/aromatic N) is 3. The molecule has 1 aromatic carbocycles. The van der Waals surface area contributed by atoms with Gasteiger partial charge in [-0.3, -0.25) is 4.79 Å². The molecule has 0 aliphatic carbocycles. The van der Waals surface area contributed by atoms with Crippen LogP contribution in [0.2, 0.25) is 0 Å². The van der Waals surface area contributed by atoms with Gasteiger partial charge in [-0.2, -0.15) is 0 Å². The smallest absolute Gasteiger partial charge is 0.270 e. The normalized spacial score (nSPS) is 15.0. The molecule has 1 amide bonds. The Kier molecular flexibility index (Phi) is 5.41. The van der Waals surface area contributed by atoms with E-state index in [1.54, 1.807) is 12.3 Å². The molecule has 2 heterocycles. The standard InChI is InChI=1S/C19H24N4O/c1-15-8-4-5-9-16(15)14-21-18(24)17-10-11-20-19(22-17)23-12-6-2-3-7-13-23/h4-5,8-11H,2-3,6-7,12-14H2,1H3,(H,21,24). The highest BCUT2D eigenvalue weighted by atomic mass is 16.1. The molecular weight excluding hydrogens is 300 g/mol. The average molecular weight is 324 g/mol. The molecular formula is C19H24N4O. The minimum absolute atomic E-state index is 0.156. The van der Waals surface area contributed by atoms with Gasteiger partial charge < -0.3 is 10.2 Å². The maximum absolute atomic E-state index is 12.4. The first-order valence-corrected chi connectivity index (χ1v) is 8.65. The van der Waals surface area contributed by atoms with E-state index >= 15 is 0 Å². The third-order valence-electron chi connectivity index (χ3n) is 4.47. The first kappa shape index (κ1) is 16.4. The highest BCUT2D eigenvalue weighted by molar-refractivity contribution is 5.92. The molecule has 0 bridgehead atoms. The lowest BCUT2D eigenvalue weighted by molar-refractivity contribution is 0.0946. The second-order valence-corrected chi connectivity index (χ2v) is 6.25. The Hall–Kier alpha value is -2.43. The van der Waals surface area contributed by atoms with Crippen molar-refractivity contribution in [3.63, 3.8) is 0 Å². The third-order valence-corrected chi connectivity index (χ3v) is 4.47. The number of amides is 1. The van der Waals surface area contributed by atoms with Gasteiger partial charge in [0.25, 0.3) is 5.91 Å². The van der Waals surface area contributed by atoms with Gasteiger partial charge in [0.1, 0.15) is 5.69 Å². The summed E-state index contributed by atoms with van der Waals surface area (Å²) >= 11 is 0. The summed E-state index contributed by atoms with van der Waals surface area (Å²) in [5.41, 5.74) is 2.72. The van der Waals surface area contributed by atoms with Crippen molar-refractivity contribution in [2.45, 2.75) is 39.2 Å². The van der Waals surface area contributed by atoms with Crippen LogP contribution in [0, 0.1) is 6.92 Å². The predicted octanol–water partition coefficient (Wildman–Crippen LogP) is 3.10. The molecule has 1 N–H and O–H groups in total. The predicted molar refractivity (Wildman–Crippen MR) is 95.1 cm³/mol. The van der Waals surface area contributed by atoms with Crippen molar-refractivity contribution >= 4 is 11.9 Å². The van der Waals surface area contributed by atoms with Crippen LogP contribution in [0.5, 0.6) is 0 Å². The molecule has 0 saturated carbocycles. The van der Waals surface area contributed by atoms with Crippen molar-refractivity contribution in [3.8, 4) is 0 Å². The summed E-state index contributed by atoms with van der Waals surface area (Å²) in [6, 6.07) is 9.73. The monoisotopic (exact) mass is 324 g/mol. The Morgan fingerprint density at radius 3 is 2.62 bits per heavy atom. The number of aromatic nitrogens is 2. The van der Waals surface area contributed by atoms with Gasteiger partial charge in [0.15, 0.2) is 0 Å². The maximum Gasteiger partial charge on any atom is 0.270 e. The van der Waals surface area contributed by atoms with Crippen molar-refractivity contribution < 1.29 is 4.79 Å². The molecule has 24 heavy (non-hydrogen) atoms. The van der Waals surface area contributed by atoms with Crippen LogP contribution in [-0.2, 0) is 6.54 Å². The van der Waals surface area contributed by atoms with E-state index in [0.29, 0.717) is 18.2 Å². The molecule has 3 rings (SSSR count). The van der Waals surface area contributed by atoms with E-state index in [9.17, 15) is 4.79 Å². The zero-order chi connectivity index (χ0) is 16.8. The van der Waals surface area contributed by atoms with Gasteiger partial charge in [-0.1, -0.05) is 37.1 Å². The Morgan fingerprint density at radius 2 is 1.88 bits per heavy atom. The van der Waals surface area contributed by atoms with Crippen LogP contribution in [0.3, 0.4) is 0 Å². The number of hydrogen-bond donors (Lipinski definition) is 1. The molecule has 5 nitrogen and oxygen atoms in total. The summed E-state index contributed by atoms with van der Waals surface area (Å²) in [5.74, 6) is 0.511. The first-order valence-electron chi connectivity index (χ1n) is 8.65. The molecule has 126 valence electrons. The number of anilines is 1. The highest BCUT2D eigenvalue weighted by Gasteiger charge is 2.15. The van der Waals surface area contributed by atoms with E-state index in [4.69, 9.17) is 0 Å². The number of rotatable bonds is 4. The summed E-state index contributed by atoms with van der Waals surface area (Å²) in [7, 11) is 0. The van der Waals surface area contributed by atoms with Crippen LogP contribution in [0.4, 0.5) is 5.95 Å². The summed E-state index contributed by atoms with van der Waals surface area (Å²) in [4.78, 5) is 23.4. The second kappa shape index (κ2) is 7.90. The lowest BCUT2D eigenvalue weighted by Crippen LogP contribution is -2.28. The van der Waals surface area contributed by atoms with Crippen LogP contribution in [0.25, 0.3) is 0 Å². The molecule has 5 heteroatoms. The Bertz CT molecular complexity index is 693. The van der Waals surface area contributed by atoms with E-state index in [0.717, 1.165) is 31.5 Å². The zero-order valence-corrected chi connectivity index (χ0v) is 14.2. The summed E-state index contributed by atoms with van der Waals surface area (Å²) in [6.07, 6.45) is 6.51. The van der Waals surface area contributed by atoms with Crippen molar-refractivity contribution in [2.24, 2.45) is 0 Å². The number of carbonyl (C=O) groups excluding carboxylic acids is 1. The average Bonchev–Trinajstić information content (AvgIpc) is 2.90. The van der Waals surface area contributed by atoms with Crippen LogP contribution in [0.1, 0.15) is 47.3 Å².